The minimum Gasteiger partial charge on any atom is -0.491 e. The van der Waals surface area contributed by atoms with Crippen LogP contribution < -0.4 is 14.2 Å². The molecule has 0 amide bonds. The molecule has 3 aliphatic heterocycles. The van der Waals surface area contributed by atoms with Crippen LogP contribution in [0.15, 0.2) is 91.0 Å². The third-order valence-corrected chi connectivity index (χ3v) is 13.4. The molecule has 0 spiro atoms. The minimum atomic E-state index is 0.343. The zero-order chi connectivity index (χ0) is 35.7. The number of benzene rings is 3. The molecule has 53 heavy (non-hydrogen) atoms. The number of ether oxygens (including phenoxy) is 6. The Labute approximate surface area is 318 Å². The lowest BCUT2D eigenvalue weighted by Crippen LogP contribution is -2.15. The Morgan fingerprint density at radius 2 is 0.642 bits per heavy atom. The van der Waals surface area contributed by atoms with Crippen LogP contribution in [0.1, 0.15) is 77.0 Å². The maximum absolute atomic E-state index is 5.40. The Balaban J connectivity index is 0.0000000944. The molecule has 3 aromatic rings. The Hall–Kier alpha value is -3.06. The van der Waals surface area contributed by atoms with E-state index in [4.69, 9.17) is 28.4 Å². The van der Waals surface area contributed by atoms with Crippen molar-refractivity contribution in [2.45, 2.75) is 95.4 Å². The van der Waals surface area contributed by atoms with Crippen LogP contribution in [-0.4, -0.2) is 58.0 Å². The average Bonchev–Trinajstić information content (AvgIpc) is 4.12. The zero-order valence-corrected chi connectivity index (χ0v) is 31.7. The summed E-state index contributed by atoms with van der Waals surface area (Å²) in [4.78, 5) is 0. The summed E-state index contributed by atoms with van der Waals surface area (Å²) in [6, 6.07) is 29.4. The van der Waals surface area contributed by atoms with Gasteiger partial charge in [0, 0.05) is 0 Å². The summed E-state index contributed by atoms with van der Waals surface area (Å²) in [7, 11) is 0. The van der Waals surface area contributed by atoms with Crippen molar-refractivity contribution >= 4 is 0 Å². The largest absolute Gasteiger partial charge is 0.491 e. The monoisotopic (exact) mass is 722 g/mol. The predicted molar refractivity (Wildman–Crippen MR) is 208 cm³/mol. The number of hydrogen-bond acceptors (Lipinski definition) is 6. The highest BCUT2D eigenvalue weighted by Gasteiger charge is 2.49. The zero-order valence-electron chi connectivity index (χ0n) is 31.7. The van der Waals surface area contributed by atoms with E-state index in [2.05, 4.69) is 0 Å². The lowest BCUT2D eigenvalue weighted by atomic mass is 9.82. The standard InChI is InChI=1S/2C10H16.3C9H10O2/c2*1-2-9-7-4-5-8(6-7)10(9)3-1;3*1-2-4-8(5-3-1)10-6-9-7-11-9/h2*7-10H,1-6H2;3*1-5,9H,6-7H2. The summed E-state index contributed by atoms with van der Waals surface area (Å²) in [5, 5.41) is 0. The molecule has 286 valence electrons. The molecule has 3 aromatic carbocycles. The van der Waals surface area contributed by atoms with Crippen LogP contribution in [0.25, 0.3) is 0 Å². The molecule has 6 nitrogen and oxygen atoms in total. The molecule has 11 unspecified atom stereocenters. The summed E-state index contributed by atoms with van der Waals surface area (Å²) in [5.74, 6) is 12.4. The lowest BCUT2D eigenvalue weighted by Gasteiger charge is -2.23. The summed E-state index contributed by atoms with van der Waals surface area (Å²) < 4.78 is 31.2. The topological polar surface area (TPSA) is 65.3 Å². The van der Waals surface area contributed by atoms with Gasteiger partial charge in [-0.3, -0.25) is 0 Å². The molecule has 0 N–H and O–H groups in total. The van der Waals surface area contributed by atoms with E-state index in [-0.39, 0.29) is 0 Å². The number of hydrogen-bond donors (Lipinski definition) is 0. The number of rotatable bonds is 9. The first-order valence-electron chi connectivity index (χ1n) is 21.1. The van der Waals surface area contributed by atoms with Gasteiger partial charge in [-0.05, 0) is 148 Å². The molecule has 3 heterocycles. The summed E-state index contributed by atoms with van der Waals surface area (Å²) in [6.07, 6.45) is 20.1. The number of fused-ring (bicyclic) bond motifs is 10. The number of epoxide rings is 3. The van der Waals surface area contributed by atoms with Gasteiger partial charge >= 0.3 is 0 Å². The summed E-state index contributed by atoms with van der Waals surface area (Å²) in [5.41, 5.74) is 0. The average molecular weight is 723 g/mol. The van der Waals surface area contributed by atoms with Crippen molar-refractivity contribution in [3.63, 3.8) is 0 Å². The maximum Gasteiger partial charge on any atom is 0.119 e. The third kappa shape index (κ3) is 11.0. The quantitative estimate of drug-likeness (QED) is 0.205. The van der Waals surface area contributed by atoms with Crippen molar-refractivity contribution in [3.8, 4) is 17.2 Å². The molecule has 6 saturated carbocycles. The fourth-order valence-corrected chi connectivity index (χ4v) is 10.6. The van der Waals surface area contributed by atoms with E-state index in [1.165, 1.54) is 47.3 Å². The minimum absolute atomic E-state index is 0.343. The Kier molecular flexibility index (Phi) is 12.9. The summed E-state index contributed by atoms with van der Waals surface area (Å²) in [6.45, 7) is 4.62. The van der Waals surface area contributed by atoms with Gasteiger partial charge in [-0.25, -0.2) is 0 Å². The number of para-hydroxylation sites is 3. The van der Waals surface area contributed by atoms with Gasteiger partial charge in [0.15, 0.2) is 0 Å². The first kappa shape index (κ1) is 36.9. The van der Waals surface area contributed by atoms with E-state index in [9.17, 15) is 0 Å². The molecule has 6 heteroatoms. The first-order valence-corrected chi connectivity index (χ1v) is 21.1. The van der Waals surface area contributed by atoms with Gasteiger partial charge in [-0.1, -0.05) is 67.4 Å². The molecular formula is C47H62O6. The second-order valence-electron chi connectivity index (χ2n) is 16.9. The smallest absolute Gasteiger partial charge is 0.119 e. The van der Waals surface area contributed by atoms with Crippen molar-refractivity contribution in [1.29, 1.82) is 0 Å². The van der Waals surface area contributed by atoms with Crippen molar-refractivity contribution in [1.82, 2.24) is 0 Å². The van der Waals surface area contributed by atoms with Gasteiger partial charge in [0.05, 0.1) is 19.8 Å². The van der Waals surface area contributed by atoms with Crippen LogP contribution in [0.5, 0.6) is 17.2 Å². The summed E-state index contributed by atoms with van der Waals surface area (Å²) >= 11 is 0. The second kappa shape index (κ2) is 18.5. The maximum atomic E-state index is 5.40. The van der Waals surface area contributed by atoms with Crippen molar-refractivity contribution < 1.29 is 28.4 Å². The third-order valence-electron chi connectivity index (χ3n) is 13.4. The molecule has 3 saturated heterocycles. The Morgan fingerprint density at radius 3 is 0.887 bits per heavy atom. The highest BCUT2D eigenvalue weighted by molar-refractivity contribution is 5.22. The van der Waals surface area contributed by atoms with Gasteiger partial charge in [0.25, 0.3) is 0 Å². The Morgan fingerprint density at radius 1 is 0.377 bits per heavy atom. The fraction of sp³-hybridized carbons (Fsp3) is 0.617. The normalized spacial score (nSPS) is 35.0. The van der Waals surface area contributed by atoms with E-state index in [0.29, 0.717) is 38.1 Å². The molecule has 0 radical (unpaired) electrons. The van der Waals surface area contributed by atoms with Crippen molar-refractivity contribution in [2.75, 3.05) is 39.6 Å². The molecule has 12 rings (SSSR count). The van der Waals surface area contributed by atoms with E-state index in [0.717, 1.165) is 37.1 Å². The molecule has 11 atom stereocenters. The lowest BCUT2D eigenvalue weighted by molar-refractivity contribution is 0.259. The predicted octanol–water partition coefficient (Wildman–Crippen LogP) is 10.1. The molecule has 9 fully saturated rings. The van der Waals surface area contributed by atoms with Crippen molar-refractivity contribution in [2.24, 2.45) is 47.3 Å². The van der Waals surface area contributed by atoms with Crippen LogP contribution in [0.4, 0.5) is 0 Å². The van der Waals surface area contributed by atoms with Crippen LogP contribution in [0.3, 0.4) is 0 Å². The molecule has 4 bridgehead atoms. The first-order chi connectivity index (χ1) is 26.2. The van der Waals surface area contributed by atoms with Gasteiger partial charge in [-0.15, -0.1) is 0 Å². The van der Waals surface area contributed by atoms with Crippen LogP contribution >= 0.6 is 0 Å². The fourth-order valence-electron chi connectivity index (χ4n) is 10.6. The molecule has 6 aliphatic carbocycles. The van der Waals surface area contributed by atoms with E-state index in [1.807, 2.05) is 91.0 Å². The van der Waals surface area contributed by atoms with Crippen LogP contribution in [0, 0.1) is 47.3 Å². The SMILES string of the molecule is C1CC2C3CCC(C3)C2C1.C1CC2C3CCC(C3)C2C1.c1ccc(OCC2CO2)cc1.c1ccc(OCC2CO2)cc1.c1ccc(OCC2CO2)cc1. The van der Waals surface area contributed by atoms with Crippen LogP contribution in [-0.2, 0) is 14.2 Å². The van der Waals surface area contributed by atoms with E-state index in [1.54, 1.807) is 77.0 Å². The van der Waals surface area contributed by atoms with E-state index < -0.39 is 0 Å². The molecule has 0 aromatic heterocycles. The van der Waals surface area contributed by atoms with Crippen molar-refractivity contribution in [3.05, 3.63) is 91.0 Å². The highest BCUT2D eigenvalue weighted by atomic mass is 16.6. The van der Waals surface area contributed by atoms with Gasteiger partial charge in [0.1, 0.15) is 55.4 Å². The molecule has 9 aliphatic rings. The Bertz CT molecular complexity index is 1280. The molecular weight excluding hydrogens is 661 g/mol. The van der Waals surface area contributed by atoms with Gasteiger partial charge in [-0.2, -0.15) is 0 Å². The second-order valence-corrected chi connectivity index (χ2v) is 16.9. The van der Waals surface area contributed by atoms with Gasteiger partial charge < -0.3 is 28.4 Å². The van der Waals surface area contributed by atoms with Gasteiger partial charge in [0.2, 0.25) is 0 Å². The van der Waals surface area contributed by atoms with Crippen LogP contribution in [0.2, 0.25) is 0 Å². The highest BCUT2D eigenvalue weighted by Crippen LogP contribution is 2.59. The van der Waals surface area contributed by atoms with E-state index >= 15 is 0 Å².